The van der Waals surface area contributed by atoms with Crippen LogP contribution in [-0.4, -0.2) is 131 Å². The Morgan fingerprint density at radius 3 is 2.10 bits per heavy atom. The van der Waals surface area contributed by atoms with Crippen molar-refractivity contribution in [3.8, 4) is 11.5 Å². The molecule has 0 saturated carbocycles. The van der Waals surface area contributed by atoms with E-state index in [0.29, 0.717) is 49.2 Å². The van der Waals surface area contributed by atoms with Crippen molar-refractivity contribution >= 4 is 27.9 Å². The van der Waals surface area contributed by atoms with Crippen molar-refractivity contribution in [3.05, 3.63) is 71.0 Å². The Labute approximate surface area is 416 Å². The molecule has 2 amide bonds. The zero-order chi connectivity index (χ0) is 53.7. The van der Waals surface area contributed by atoms with Crippen LogP contribution in [0.15, 0.2) is 53.8 Å². The highest BCUT2D eigenvalue weighted by Crippen LogP contribution is 2.33. The maximum atomic E-state index is 12.9. The number of amides is 2. The number of hydrogen-bond donors (Lipinski definition) is 7. The molecule has 2 heterocycles. The largest absolute Gasteiger partial charge is 0.458 e. The molecule has 1 fully saturated rings. The highest BCUT2D eigenvalue weighted by molar-refractivity contribution is 7.82. The molecule has 3 atom stereocenters. The molecule has 70 heavy (non-hydrogen) atoms. The maximum Gasteiger partial charge on any atom is 0.448 e. The summed E-state index contributed by atoms with van der Waals surface area (Å²) >= 11 is 0. The molecule has 21 heteroatoms. The molecule has 1 unspecified atom stereocenters. The molecule has 0 aliphatic carbocycles. The predicted octanol–water partition coefficient (Wildman–Crippen LogP) is 6.15. The Morgan fingerprint density at radius 1 is 0.971 bits per heavy atom. The van der Waals surface area contributed by atoms with Crippen LogP contribution in [0.5, 0.6) is 11.5 Å². The number of unbranched alkanes of at least 4 members (excludes halogenated alkanes) is 1. The monoisotopic (exact) mass is 1010 g/mol. The van der Waals surface area contributed by atoms with Crippen LogP contribution in [-0.2, 0) is 36.0 Å². The number of nitrogens with zero attached hydrogens (tertiary/aromatic N) is 4. The Bertz CT molecular complexity index is 2060. The number of primary amides is 1. The number of ether oxygens (including phenoxy) is 3. The maximum absolute atomic E-state index is 12.9. The average Bonchev–Trinajstić information content (AvgIpc) is 3.78. The van der Waals surface area contributed by atoms with Gasteiger partial charge in [-0.1, -0.05) is 77.4 Å². The van der Waals surface area contributed by atoms with Gasteiger partial charge < -0.3 is 55.1 Å². The molecule has 0 bridgehead atoms. The lowest BCUT2D eigenvalue weighted by Gasteiger charge is -2.31. The van der Waals surface area contributed by atoms with Gasteiger partial charge in [-0.15, -0.1) is 5.10 Å². The minimum Gasteiger partial charge on any atom is -0.458 e. The summed E-state index contributed by atoms with van der Waals surface area (Å²) in [6, 6.07) is 10.7. The van der Waals surface area contributed by atoms with E-state index in [-0.39, 0.29) is 42.2 Å². The van der Waals surface area contributed by atoms with Crippen molar-refractivity contribution in [1.82, 2.24) is 20.3 Å². The summed E-state index contributed by atoms with van der Waals surface area (Å²) in [6.07, 6.45) is 4.53. The van der Waals surface area contributed by atoms with Crippen LogP contribution in [0.2, 0.25) is 0 Å². The van der Waals surface area contributed by atoms with Crippen LogP contribution in [0.3, 0.4) is 0 Å². The van der Waals surface area contributed by atoms with Gasteiger partial charge in [-0.3, -0.25) is 9.59 Å². The minimum absolute atomic E-state index is 0.0106. The first-order chi connectivity index (χ1) is 33.0. The van der Waals surface area contributed by atoms with Crippen molar-refractivity contribution < 1.29 is 66.2 Å². The van der Waals surface area contributed by atoms with Crippen molar-refractivity contribution in [2.24, 2.45) is 22.7 Å². The number of carbonyl (C=O) groups is 2. The van der Waals surface area contributed by atoms with E-state index in [1.54, 1.807) is 24.3 Å². The van der Waals surface area contributed by atoms with Gasteiger partial charge in [0.1, 0.15) is 6.10 Å². The molecule has 0 spiro atoms. The van der Waals surface area contributed by atoms with Crippen LogP contribution < -0.4 is 20.0 Å². The average molecular weight is 1010 g/mol. The van der Waals surface area contributed by atoms with E-state index >= 15 is 0 Å². The molecule has 1 aromatic heterocycles. The van der Waals surface area contributed by atoms with Gasteiger partial charge in [0.05, 0.1) is 42.4 Å². The number of carbonyl (C=O) groups excluding carboxylic acids is 2. The smallest absolute Gasteiger partial charge is 0.448 e. The number of oxime groups is 1. The van der Waals surface area contributed by atoms with Crippen LogP contribution >= 0.6 is 0 Å². The number of hydrogen-bond acceptors (Lipinski definition) is 17. The van der Waals surface area contributed by atoms with E-state index in [9.17, 15) is 28.2 Å². The van der Waals surface area contributed by atoms with Crippen LogP contribution in [0.1, 0.15) is 153 Å². The zero-order valence-corrected chi connectivity index (χ0v) is 44.5. The summed E-state index contributed by atoms with van der Waals surface area (Å²) in [6.45, 7) is 23.6. The molecule has 1 aliphatic rings. The quantitative estimate of drug-likeness (QED) is 0.0318. The normalized spacial score (nSPS) is 16.0. The lowest BCUT2D eigenvalue weighted by atomic mass is 10.0. The summed E-state index contributed by atoms with van der Waals surface area (Å²) in [5, 5.41) is 58.6. The molecular formula is C49H84N6O14S. The van der Waals surface area contributed by atoms with Crippen LogP contribution in [0.4, 0.5) is 0 Å². The first-order valence-corrected chi connectivity index (χ1v) is 25.1. The third-order valence-corrected chi connectivity index (χ3v) is 11.0. The van der Waals surface area contributed by atoms with Gasteiger partial charge in [-0.2, -0.15) is 8.42 Å². The fourth-order valence-electron chi connectivity index (χ4n) is 6.10. The summed E-state index contributed by atoms with van der Waals surface area (Å²) < 4.78 is 52.3. The number of aromatic nitrogens is 3. The fraction of sp³-hybridized carbons (Fsp3) is 0.653. The van der Waals surface area contributed by atoms with Crippen molar-refractivity contribution in [1.29, 1.82) is 0 Å². The second-order valence-electron chi connectivity index (χ2n) is 18.0. The molecule has 1 aliphatic heterocycles. The first kappa shape index (κ1) is 65.3. The third-order valence-electron chi connectivity index (χ3n) is 10.2. The van der Waals surface area contributed by atoms with Gasteiger partial charge in [0, 0.05) is 50.6 Å². The van der Waals surface area contributed by atoms with Gasteiger partial charge in [0.25, 0.3) is 5.91 Å². The number of nitrogens with two attached hydrogens (primary N) is 1. The number of nitrogens with one attached hydrogen (secondary N) is 1. The minimum atomic E-state index is -4.46. The molecule has 1 saturated heterocycles. The van der Waals surface area contributed by atoms with E-state index in [1.807, 2.05) is 38.6 Å². The van der Waals surface area contributed by atoms with Gasteiger partial charge in [-0.25, -0.2) is 8.86 Å². The number of benzene rings is 2. The molecule has 2 aromatic carbocycles. The second-order valence-corrected chi connectivity index (χ2v) is 19.3. The van der Waals surface area contributed by atoms with Crippen molar-refractivity contribution in [3.63, 3.8) is 0 Å². The summed E-state index contributed by atoms with van der Waals surface area (Å²) in [7, 11) is -2.54. The Hall–Kier alpha value is -4.74. The standard InChI is InChI=1S/C29H46N4O10S.C12H16N2O2.C5H12O.C2H6.CH4O/c1-19(2)14-21-17-33(32-31-21)28(3,4)11-13-41-29(5,6)10-12-30-26(36)20-8-9-24(25(15-20)43-44(37,38)39-7)42-27-23(35)16-22(34)18-40-27;1-2-3-4-11(14-16)9-5-7-10(8-6-9)12(13)15;1-5(2)3-4-6;2*1-2/h8-9,15,17,19,22-23,27,34-35H,10-14,16,18H2,1-7H3,(H,30,36);5-8,16H,2-4H2,1H3,(H2,13,15);5-6H,3-4H2,1-2H3;1-2H3;2H,1H3/b;14-11-;;;/t22-,23?,27+;;;;/m1..../s1. The summed E-state index contributed by atoms with van der Waals surface area (Å²) in [5.41, 5.74) is 7.28. The highest BCUT2D eigenvalue weighted by atomic mass is 32.3. The number of aliphatic hydroxyl groups is 4. The molecule has 400 valence electrons. The van der Waals surface area contributed by atoms with Crippen molar-refractivity contribution in [2.45, 2.75) is 157 Å². The summed E-state index contributed by atoms with van der Waals surface area (Å²) in [4.78, 5) is 23.8. The van der Waals surface area contributed by atoms with Gasteiger partial charge in [-0.05, 0) is 114 Å². The predicted molar refractivity (Wildman–Crippen MR) is 268 cm³/mol. The Morgan fingerprint density at radius 2 is 1.59 bits per heavy atom. The fourth-order valence-corrected chi connectivity index (χ4v) is 6.52. The lowest BCUT2D eigenvalue weighted by Crippen LogP contribution is -2.44. The van der Waals surface area contributed by atoms with Gasteiger partial charge >= 0.3 is 10.4 Å². The zero-order valence-electron chi connectivity index (χ0n) is 43.7. The second kappa shape index (κ2) is 33.8. The van der Waals surface area contributed by atoms with Crippen molar-refractivity contribution in [2.75, 3.05) is 40.6 Å². The SMILES string of the molecule is CC.CC(C)CCO.CCCC/C(=N/O)c1ccc(C(N)=O)cc1.CO.COS(=O)(=O)Oc1cc(C(=O)NCCC(C)(C)OCCC(C)(C)n2cc(CC(C)C)nn2)ccc1O[C@@H]1OC[C@H](O)CC1O. The molecule has 0 radical (unpaired) electrons. The molecule has 3 aromatic rings. The highest BCUT2D eigenvalue weighted by Gasteiger charge is 2.32. The topological polar surface area (TPSA) is 297 Å². The Balaban J connectivity index is 0.00000150. The van der Waals surface area contributed by atoms with E-state index in [2.05, 4.69) is 73.4 Å². The van der Waals surface area contributed by atoms with Crippen LogP contribution in [0.25, 0.3) is 0 Å². The van der Waals surface area contributed by atoms with E-state index in [1.165, 1.54) is 18.2 Å². The molecular weight excluding hydrogens is 929 g/mol. The number of aliphatic hydroxyl groups excluding tert-OH is 4. The number of rotatable bonds is 23. The first-order valence-electron chi connectivity index (χ1n) is 23.7. The lowest BCUT2D eigenvalue weighted by molar-refractivity contribution is -0.199. The third kappa shape index (κ3) is 25.4. The molecule has 4 rings (SSSR count). The summed E-state index contributed by atoms with van der Waals surface area (Å²) in [5.74, 6) is -0.235. The van der Waals surface area contributed by atoms with E-state index < -0.39 is 46.3 Å². The molecule has 8 N–H and O–H groups in total. The Kier molecular flexibility index (Phi) is 31.5. The molecule has 20 nitrogen and oxygen atoms in total. The van der Waals surface area contributed by atoms with Gasteiger partial charge in [0.2, 0.25) is 12.2 Å². The van der Waals surface area contributed by atoms with Gasteiger partial charge in [0.15, 0.2) is 11.5 Å². The van der Waals surface area contributed by atoms with Crippen LogP contribution in [0, 0.1) is 11.8 Å². The van der Waals surface area contributed by atoms with E-state index in [0.717, 1.165) is 57.6 Å². The van der Waals surface area contributed by atoms with E-state index in [4.69, 9.17) is 39.5 Å².